The monoisotopic (exact) mass is 337 g/mol. The third-order valence-electron chi connectivity index (χ3n) is 4.39. The molecule has 0 aliphatic carbocycles. The van der Waals surface area contributed by atoms with E-state index in [1.807, 2.05) is 50.2 Å². The molecule has 1 heterocycles. The first-order valence-electron chi connectivity index (χ1n) is 8.42. The Bertz CT molecular complexity index is 797. The highest BCUT2D eigenvalue weighted by atomic mass is 16.5. The Balaban J connectivity index is 1.63. The van der Waals surface area contributed by atoms with Crippen LogP contribution in [0.3, 0.4) is 0 Å². The average Bonchev–Trinajstić information content (AvgIpc) is 3.07. The summed E-state index contributed by atoms with van der Waals surface area (Å²) in [6.07, 6.45) is 0. The number of benzene rings is 2. The van der Waals surface area contributed by atoms with Crippen LogP contribution >= 0.6 is 0 Å². The van der Waals surface area contributed by atoms with Crippen molar-refractivity contribution in [3.63, 3.8) is 0 Å². The fraction of sp³-hybridized carbons (Fsp3) is 0.300. The van der Waals surface area contributed by atoms with Gasteiger partial charge in [0.1, 0.15) is 18.2 Å². The predicted molar refractivity (Wildman–Crippen MR) is 101 cm³/mol. The van der Waals surface area contributed by atoms with Crippen molar-refractivity contribution >= 4 is 17.6 Å². The molecular weight excluding hydrogens is 314 g/mol. The molecule has 0 bridgehead atoms. The second kappa shape index (κ2) is 7.38. The number of amides is 2. The van der Waals surface area contributed by atoms with Gasteiger partial charge in [0.15, 0.2) is 0 Å². The molecule has 0 saturated carbocycles. The van der Waals surface area contributed by atoms with Crippen LogP contribution in [0.1, 0.15) is 16.7 Å². The molecule has 1 N–H and O–H groups in total. The van der Waals surface area contributed by atoms with Gasteiger partial charge < -0.3 is 10.1 Å². The van der Waals surface area contributed by atoms with Crippen molar-refractivity contribution in [2.45, 2.75) is 20.8 Å². The van der Waals surface area contributed by atoms with Gasteiger partial charge in [-0.25, -0.2) is 4.79 Å². The van der Waals surface area contributed by atoms with Crippen molar-refractivity contribution < 1.29 is 9.53 Å². The van der Waals surface area contributed by atoms with Gasteiger partial charge in [0.25, 0.3) is 0 Å². The number of nitrogens with one attached hydrogen (secondary N) is 1. The van der Waals surface area contributed by atoms with Crippen LogP contribution in [0.4, 0.5) is 10.5 Å². The third kappa shape index (κ3) is 3.99. The van der Waals surface area contributed by atoms with Gasteiger partial charge in [-0.2, -0.15) is 0 Å². The Kier molecular flexibility index (Phi) is 5.03. The van der Waals surface area contributed by atoms with E-state index in [4.69, 9.17) is 4.74 Å². The Hall–Kier alpha value is -2.82. The molecule has 0 atom stereocenters. The van der Waals surface area contributed by atoms with Gasteiger partial charge in [0.05, 0.1) is 6.54 Å². The van der Waals surface area contributed by atoms with E-state index < -0.39 is 0 Å². The van der Waals surface area contributed by atoms with Crippen LogP contribution in [-0.2, 0) is 0 Å². The Morgan fingerprint density at radius 2 is 1.92 bits per heavy atom. The van der Waals surface area contributed by atoms with Crippen LogP contribution in [0.15, 0.2) is 47.5 Å². The smallest absolute Gasteiger partial charge is 0.327 e. The molecule has 0 spiro atoms. The molecule has 1 aliphatic rings. The first-order chi connectivity index (χ1) is 12.0. The van der Waals surface area contributed by atoms with Crippen molar-refractivity contribution in [1.29, 1.82) is 0 Å². The number of hydrogen-bond donors (Lipinski definition) is 1. The summed E-state index contributed by atoms with van der Waals surface area (Å²) in [7, 11) is 0. The second-order valence-corrected chi connectivity index (χ2v) is 6.23. The molecule has 130 valence electrons. The van der Waals surface area contributed by atoms with Gasteiger partial charge in [-0.05, 0) is 50.1 Å². The molecule has 0 unspecified atom stereocenters. The van der Waals surface area contributed by atoms with Gasteiger partial charge >= 0.3 is 6.03 Å². The zero-order chi connectivity index (χ0) is 17.8. The van der Waals surface area contributed by atoms with Crippen molar-refractivity contribution in [1.82, 2.24) is 4.90 Å². The number of nitrogens with zero attached hydrogens (tertiary/aromatic N) is 2. The number of carbonyl (C=O) groups excluding carboxylic acids is 1. The minimum Gasteiger partial charge on any atom is -0.485 e. The summed E-state index contributed by atoms with van der Waals surface area (Å²) in [5.41, 5.74) is 4.22. The predicted octanol–water partition coefficient (Wildman–Crippen LogP) is 3.94. The van der Waals surface area contributed by atoms with Crippen LogP contribution < -0.4 is 10.1 Å². The quantitative estimate of drug-likeness (QED) is 0.919. The minimum absolute atomic E-state index is 0.176. The fourth-order valence-corrected chi connectivity index (χ4v) is 2.69. The molecule has 3 rings (SSSR count). The average molecular weight is 337 g/mol. The van der Waals surface area contributed by atoms with Crippen LogP contribution in [0.2, 0.25) is 0 Å². The van der Waals surface area contributed by atoms with Crippen LogP contribution in [0.25, 0.3) is 0 Å². The highest BCUT2D eigenvalue weighted by Crippen LogP contribution is 2.21. The largest absolute Gasteiger partial charge is 0.485 e. The summed E-state index contributed by atoms with van der Waals surface area (Å²) in [6.45, 7) is 7.56. The van der Waals surface area contributed by atoms with E-state index in [2.05, 4.69) is 23.3 Å². The fourth-order valence-electron chi connectivity index (χ4n) is 2.69. The van der Waals surface area contributed by atoms with E-state index in [0.29, 0.717) is 18.9 Å². The zero-order valence-electron chi connectivity index (χ0n) is 14.9. The van der Waals surface area contributed by atoms with Crippen LogP contribution in [-0.4, -0.2) is 36.5 Å². The van der Waals surface area contributed by atoms with E-state index in [-0.39, 0.29) is 12.6 Å². The Labute approximate surface area is 148 Å². The SMILES string of the molecule is Cc1ccc(NC(=O)N2CCN=C2COc2cccc(C)c2C)cc1. The highest BCUT2D eigenvalue weighted by Gasteiger charge is 2.24. The summed E-state index contributed by atoms with van der Waals surface area (Å²) in [5, 5.41) is 2.91. The summed E-state index contributed by atoms with van der Waals surface area (Å²) in [6, 6.07) is 13.5. The van der Waals surface area contributed by atoms with Gasteiger partial charge in [-0.1, -0.05) is 29.8 Å². The summed E-state index contributed by atoms with van der Waals surface area (Å²) >= 11 is 0. The number of carbonyl (C=O) groups is 1. The number of aryl methyl sites for hydroxylation is 2. The van der Waals surface area contributed by atoms with E-state index >= 15 is 0 Å². The van der Waals surface area contributed by atoms with Gasteiger partial charge in [0.2, 0.25) is 0 Å². The lowest BCUT2D eigenvalue weighted by Gasteiger charge is -2.20. The van der Waals surface area contributed by atoms with Crippen molar-refractivity contribution in [3.8, 4) is 5.75 Å². The molecule has 2 aromatic rings. The molecule has 25 heavy (non-hydrogen) atoms. The lowest BCUT2D eigenvalue weighted by molar-refractivity contribution is 0.234. The maximum absolute atomic E-state index is 12.5. The molecule has 0 aromatic heterocycles. The highest BCUT2D eigenvalue weighted by molar-refractivity contribution is 6.04. The number of hydrogen-bond acceptors (Lipinski definition) is 3. The number of rotatable bonds is 4. The standard InChI is InChI=1S/C20H23N3O2/c1-14-7-9-17(10-8-14)22-20(24)23-12-11-21-19(23)13-25-18-6-4-5-15(2)16(18)3/h4-10H,11-13H2,1-3H3,(H,22,24). The molecule has 1 aliphatic heterocycles. The number of amidine groups is 1. The van der Waals surface area contributed by atoms with Crippen molar-refractivity contribution in [3.05, 3.63) is 59.2 Å². The minimum atomic E-state index is -0.176. The molecule has 2 amide bonds. The van der Waals surface area contributed by atoms with Gasteiger partial charge in [-0.15, -0.1) is 0 Å². The lowest BCUT2D eigenvalue weighted by atomic mass is 10.1. The van der Waals surface area contributed by atoms with Crippen molar-refractivity contribution in [2.75, 3.05) is 25.0 Å². The first kappa shape index (κ1) is 17.0. The summed E-state index contributed by atoms with van der Waals surface area (Å²) in [5.74, 6) is 1.49. The van der Waals surface area contributed by atoms with E-state index in [1.54, 1.807) is 4.90 Å². The molecule has 0 fully saturated rings. The zero-order valence-corrected chi connectivity index (χ0v) is 14.9. The normalized spacial score (nSPS) is 13.6. The maximum Gasteiger partial charge on any atom is 0.327 e. The summed E-state index contributed by atoms with van der Waals surface area (Å²) in [4.78, 5) is 18.6. The first-order valence-corrected chi connectivity index (χ1v) is 8.42. The topological polar surface area (TPSA) is 53.9 Å². The van der Waals surface area contributed by atoms with Crippen LogP contribution in [0, 0.1) is 20.8 Å². The van der Waals surface area contributed by atoms with E-state index in [1.165, 1.54) is 5.56 Å². The molecule has 5 nitrogen and oxygen atoms in total. The Morgan fingerprint density at radius 3 is 2.68 bits per heavy atom. The maximum atomic E-state index is 12.5. The van der Waals surface area contributed by atoms with Gasteiger partial charge in [-0.3, -0.25) is 9.89 Å². The lowest BCUT2D eigenvalue weighted by Crippen LogP contribution is -2.40. The number of anilines is 1. The molecule has 2 aromatic carbocycles. The molecule has 0 saturated heterocycles. The molecular formula is C20H23N3O2. The van der Waals surface area contributed by atoms with E-state index in [0.717, 1.165) is 22.6 Å². The molecule has 5 heteroatoms. The van der Waals surface area contributed by atoms with Crippen LogP contribution in [0.5, 0.6) is 5.75 Å². The summed E-state index contributed by atoms with van der Waals surface area (Å²) < 4.78 is 5.90. The van der Waals surface area contributed by atoms with Crippen molar-refractivity contribution in [2.24, 2.45) is 4.99 Å². The number of aliphatic imine (C=N–C) groups is 1. The number of urea groups is 1. The van der Waals surface area contributed by atoms with E-state index in [9.17, 15) is 4.79 Å². The third-order valence-corrected chi connectivity index (χ3v) is 4.39. The Morgan fingerprint density at radius 1 is 1.16 bits per heavy atom. The molecule has 0 radical (unpaired) electrons. The number of ether oxygens (including phenoxy) is 1. The van der Waals surface area contributed by atoms with Gasteiger partial charge in [0, 0.05) is 12.2 Å². The second-order valence-electron chi connectivity index (χ2n) is 6.23.